The first-order valence-electron chi connectivity index (χ1n) is 8.89. The molecule has 0 bridgehead atoms. The van der Waals surface area contributed by atoms with Crippen LogP contribution in [0.1, 0.15) is 13.3 Å². The van der Waals surface area contributed by atoms with Crippen LogP contribution in [-0.2, 0) is 11.3 Å². The summed E-state index contributed by atoms with van der Waals surface area (Å²) in [5.41, 5.74) is 0.540. The second kappa shape index (κ2) is 9.19. The lowest BCUT2D eigenvalue weighted by atomic mass is 10.2. The molecule has 1 aromatic heterocycles. The minimum absolute atomic E-state index is 0.0568. The molecule has 1 fully saturated rings. The molecule has 1 aliphatic heterocycles. The monoisotopic (exact) mass is 397 g/mol. The van der Waals surface area contributed by atoms with E-state index in [2.05, 4.69) is 9.88 Å². The van der Waals surface area contributed by atoms with Crippen LogP contribution in [0.25, 0.3) is 10.9 Å². The Morgan fingerprint density at radius 2 is 2.15 bits per heavy atom. The molecule has 6 nitrogen and oxygen atoms in total. The highest BCUT2D eigenvalue weighted by Crippen LogP contribution is 2.21. The SMILES string of the molecule is CCCn1c(SC[C@H](O)CN2CCOCC2)nc2cc(Cl)ccc2c1=O. The smallest absolute Gasteiger partial charge is 0.262 e. The molecule has 0 aliphatic carbocycles. The summed E-state index contributed by atoms with van der Waals surface area (Å²) in [6.45, 7) is 6.34. The number of morpholine rings is 1. The van der Waals surface area contributed by atoms with Crippen molar-refractivity contribution in [3.63, 3.8) is 0 Å². The topological polar surface area (TPSA) is 67.6 Å². The highest BCUT2D eigenvalue weighted by molar-refractivity contribution is 7.99. The number of aliphatic hydroxyl groups is 1. The molecule has 26 heavy (non-hydrogen) atoms. The van der Waals surface area contributed by atoms with E-state index >= 15 is 0 Å². The summed E-state index contributed by atoms with van der Waals surface area (Å²) in [6, 6.07) is 5.14. The van der Waals surface area contributed by atoms with Gasteiger partial charge >= 0.3 is 0 Å². The van der Waals surface area contributed by atoms with E-state index in [-0.39, 0.29) is 5.56 Å². The summed E-state index contributed by atoms with van der Waals surface area (Å²) in [4.78, 5) is 19.6. The van der Waals surface area contributed by atoms with Gasteiger partial charge in [-0.25, -0.2) is 4.98 Å². The molecule has 1 atom stereocenters. The predicted octanol–water partition coefficient (Wildman–Crippen LogP) is 2.25. The van der Waals surface area contributed by atoms with E-state index in [0.29, 0.717) is 53.1 Å². The number of rotatable bonds is 7. The van der Waals surface area contributed by atoms with Crippen molar-refractivity contribution in [2.75, 3.05) is 38.6 Å². The summed E-state index contributed by atoms with van der Waals surface area (Å²) < 4.78 is 7.03. The van der Waals surface area contributed by atoms with Gasteiger partial charge < -0.3 is 9.84 Å². The maximum absolute atomic E-state index is 12.8. The molecule has 2 aromatic rings. The second-order valence-corrected chi connectivity index (χ2v) is 7.81. The lowest BCUT2D eigenvalue weighted by Crippen LogP contribution is -2.41. The predicted molar refractivity (Wildman–Crippen MR) is 105 cm³/mol. The first-order chi connectivity index (χ1) is 12.6. The van der Waals surface area contributed by atoms with Crippen LogP contribution in [0, 0.1) is 0 Å². The Kier molecular flexibility index (Phi) is 6.94. The van der Waals surface area contributed by atoms with Crippen LogP contribution >= 0.6 is 23.4 Å². The minimum Gasteiger partial charge on any atom is -0.391 e. The van der Waals surface area contributed by atoms with Crippen LogP contribution in [0.3, 0.4) is 0 Å². The maximum atomic E-state index is 12.8. The van der Waals surface area contributed by atoms with Crippen molar-refractivity contribution >= 4 is 34.3 Å². The normalized spacial score (nSPS) is 16.9. The van der Waals surface area contributed by atoms with Gasteiger partial charge in [0.25, 0.3) is 5.56 Å². The van der Waals surface area contributed by atoms with Crippen LogP contribution < -0.4 is 5.56 Å². The number of thioether (sulfide) groups is 1. The third-order valence-corrected chi connectivity index (χ3v) is 5.66. The molecule has 1 N–H and O–H groups in total. The second-order valence-electron chi connectivity index (χ2n) is 6.39. The molecule has 8 heteroatoms. The lowest BCUT2D eigenvalue weighted by molar-refractivity contribution is 0.0188. The average Bonchev–Trinajstić information content (AvgIpc) is 2.63. The van der Waals surface area contributed by atoms with Crippen molar-refractivity contribution in [3.8, 4) is 0 Å². The van der Waals surface area contributed by atoms with Crippen molar-refractivity contribution in [1.29, 1.82) is 0 Å². The third-order valence-electron chi connectivity index (χ3n) is 4.31. The minimum atomic E-state index is -0.486. The summed E-state index contributed by atoms with van der Waals surface area (Å²) in [5.74, 6) is 0.486. The van der Waals surface area contributed by atoms with Crippen LogP contribution in [-0.4, -0.2) is 64.3 Å². The number of fused-ring (bicyclic) bond motifs is 1. The lowest BCUT2D eigenvalue weighted by Gasteiger charge is -2.28. The Hall–Kier alpha value is -1.12. The van der Waals surface area contributed by atoms with E-state index in [1.807, 2.05) is 6.92 Å². The fourth-order valence-electron chi connectivity index (χ4n) is 3.01. The number of ether oxygens (including phenoxy) is 1. The van der Waals surface area contributed by atoms with Gasteiger partial charge in [0.1, 0.15) is 0 Å². The molecule has 0 radical (unpaired) electrons. The molecule has 0 unspecified atom stereocenters. The van der Waals surface area contributed by atoms with Crippen molar-refractivity contribution in [1.82, 2.24) is 14.5 Å². The summed E-state index contributed by atoms with van der Waals surface area (Å²) in [6.07, 6.45) is 0.352. The fraction of sp³-hybridized carbons (Fsp3) is 0.556. The van der Waals surface area contributed by atoms with E-state index in [9.17, 15) is 9.90 Å². The van der Waals surface area contributed by atoms with Crippen molar-refractivity contribution < 1.29 is 9.84 Å². The number of benzene rings is 1. The first-order valence-corrected chi connectivity index (χ1v) is 10.3. The molecule has 2 heterocycles. The van der Waals surface area contributed by atoms with Gasteiger partial charge in [-0.2, -0.15) is 0 Å². The van der Waals surface area contributed by atoms with E-state index in [0.717, 1.165) is 19.5 Å². The van der Waals surface area contributed by atoms with Crippen LogP contribution in [0.15, 0.2) is 28.2 Å². The van der Waals surface area contributed by atoms with Crippen LogP contribution in [0.4, 0.5) is 0 Å². The molecular formula is C18H24ClN3O3S. The van der Waals surface area contributed by atoms with Gasteiger partial charge in [0.2, 0.25) is 0 Å². The van der Waals surface area contributed by atoms with Crippen molar-refractivity contribution in [2.24, 2.45) is 0 Å². The highest BCUT2D eigenvalue weighted by Gasteiger charge is 2.17. The molecule has 0 amide bonds. The van der Waals surface area contributed by atoms with Crippen LogP contribution in [0.2, 0.25) is 5.02 Å². The van der Waals surface area contributed by atoms with Crippen LogP contribution in [0.5, 0.6) is 0 Å². The van der Waals surface area contributed by atoms with E-state index < -0.39 is 6.10 Å². The number of aliphatic hydroxyl groups excluding tert-OH is 1. The largest absolute Gasteiger partial charge is 0.391 e. The van der Waals surface area contributed by atoms with E-state index in [4.69, 9.17) is 16.3 Å². The van der Waals surface area contributed by atoms with E-state index in [1.165, 1.54) is 11.8 Å². The summed E-state index contributed by atoms with van der Waals surface area (Å²) >= 11 is 7.47. The van der Waals surface area contributed by atoms with Gasteiger partial charge in [0.05, 0.1) is 30.2 Å². The number of β-amino-alcohol motifs (C(OH)–C–C–N with tert-alkyl or cyclic N) is 1. The first kappa shape index (κ1) is 19.6. The summed E-state index contributed by atoms with van der Waals surface area (Å²) in [5, 5.41) is 12.1. The van der Waals surface area contributed by atoms with Gasteiger partial charge in [0.15, 0.2) is 5.16 Å². The Labute approximate surface area is 162 Å². The molecule has 3 rings (SSSR count). The number of halogens is 1. The molecule has 1 aliphatic rings. The Morgan fingerprint density at radius 1 is 1.38 bits per heavy atom. The molecule has 142 valence electrons. The highest BCUT2D eigenvalue weighted by atomic mass is 35.5. The molecular weight excluding hydrogens is 374 g/mol. The number of aromatic nitrogens is 2. The van der Waals surface area contributed by atoms with Crippen molar-refractivity contribution in [3.05, 3.63) is 33.6 Å². The van der Waals surface area contributed by atoms with Gasteiger partial charge in [-0.05, 0) is 24.6 Å². The maximum Gasteiger partial charge on any atom is 0.262 e. The molecule has 1 saturated heterocycles. The Morgan fingerprint density at radius 3 is 2.88 bits per heavy atom. The Bertz CT molecular complexity index is 808. The number of hydrogen-bond acceptors (Lipinski definition) is 6. The Balaban J connectivity index is 1.76. The number of nitrogens with zero attached hydrogens (tertiary/aromatic N) is 3. The van der Waals surface area contributed by atoms with E-state index in [1.54, 1.807) is 22.8 Å². The quantitative estimate of drug-likeness (QED) is 0.571. The van der Waals surface area contributed by atoms with Gasteiger partial charge in [0, 0.05) is 37.0 Å². The third kappa shape index (κ3) is 4.78. The van der Waals surface area contributed by atoms with Gasteiger partial charge in [-0.15, -0.1) is 0 Å². The van der Waals surface area contributed by atoms with Gasteiger partial charge in [-0.1, -0.05) is 30.3 Å². The van der Waals surface area contributed by atoms with Crippen molar-refractivity contribution in [2.45, 2.75) is 31.1 Å². The zero-order chi connectivity index (χ0) is 18.5. The molecule has 0 saturated carbocycles. The average molecular weight is 398 g/mol. The molecule has 0 spiro atoms. The zero-order valence-corrected chi connectivity index (χ0v) is 16.4. The zero-order valence-electron chi connectivity index (χ0n) is 14.9. The number of hydrogen-bond donors (Lipinski definition) is 1. The standard InChI is InChI=1S/C18H24ClN3O3S/c1-2-5-22-17(24)15-4-3-13(19)10-16(15)20-18(22)26-12-14(23)11-21-6-8-25-9-7-21/h3-4,10,14,23H,2,5-9,11-12H2,1H3/t14-/m1/s1. The summed E-state index contributed by atoms with van der Waals surface area (Å²) in [7, 11) is 0. The fourth-order valence-corrected chi connectivity index (χ4v) is 4.12. The van der Waals surface area contributed by atoms with Gasteiger partial charge in [-0.3, -0.25) is 14.3 Å². The molecule has 1 aromatic carbocycles.